The lowest BCUT2D eigenvalue weighted by Crippen LogP contribution is -2.39. The Labute approximate surface area is 199 Å². The van der Waals surface area contributed by atoms with Gasteiger partial charge in [0.2, 0.25) is 5.91 Å². The number of carbonyl (C=O) groups is 2. The van der Waals surface area contributed by atoms with E-state index >= 15 is 0 Å². The van der Waals surface area contributed by atoms with Crippen molar-refractivity contribution >= 4 is 23.2 Å². The average Bonchev–Trinajstić information content (AvgIpc) is 2.84. The molecule has 0 bridgehead atoms. The minimum atomic E-state index is -0.525. The Morgan fingerprint density at radius 1 is 1.00 bits per heavy atom. The quantitative estimate of drug-likeness (QED) is 0.369. The van der Waals surface area contributed by atoms with Crippen LogP contribution < -0.4 is 20.7 Å². The molecule has 0 radical (unpaired) electrons. The maximum Gasteiger partial charge on any atom is 0.255 e. The van der Waals surface area contributed by atoms with Gasteiger partial charge in [0.05, 0.1) is 18.8 Å². The molecule has 0 spiro atoms. The SMILES string of the molecule is CCCC(NC(=O)C(C)Nc1ccc(OC)c(NC(=O)c2cccc(F)c2)c1)c1ccccc1. The zero-order valence-electron chi connectivity index (χ0n) is 19.6. The van der Waals surface area contributed by atoms with Crippen LogP contribution in [0.2, 0.25) is 0 Å². The first kappa shape index (κ1) is 24.8. The largest absolute Gasteiger partial charge is 0.495 e. The van der Waals surface area contributed by atoms with Crippen LogP contribution in [0, 0.1) is 5.82 Å². The topological polar surface area (TPSA) is 79.5 Å². The molecular weight excluding hydrogens is 433 g/mol. The standard InChI is InChI=1S/C27H30FN3O3/c1-4-9-23(19-10-6-5-7-11-19)30-26(32)18(2)29-22-14-15-25(34-3)24(17-22)31-27(33)20-12-8-13-21(28)16-20/h5-8,10-18,23,29H,4,9H2,1-3H3,(H,30,32)(H,31,33). The summed E-state index contributed by atoms with van der Waals surface area (Å²) in [5.74, 6) is -0.652. The molecule has 0 fully saturated rings. The van der Waals surface area contributed by atoms with E-state index in [-0.39, 0.29) is 17.5 Å². The van der Waals surface area contributed by atoms with Crippen molar-refractivity contribution in [1.29, 1.82) is 0 Å². The Bertz CT molecular complexity index is 1120. The number of benzene rings is 3. The van der Waals surface area contributed by atoms with Crippen LogP contribution in [-0.4, -0.2) is 25.0 Å². The summed E-state index contributed by atoms with van der Waals surface area (Å²) in [6.45, 7) is 3.86. The molecule has 2 unspecified atom stereocenters. The Balaban J connectivity index is 1.70. The van der Waals surface area contributed by atoms with E-state index in [1.54, 1.807) is 25.1 Å². The second-order valence-corrected chi connectivity index (χ2v) is 8.01. The monoisotopic (exact) mass is 463 g/mol. The highest BCUT2D eigenvalue weighted by atomic mass is 19.1. The Kier molecular flexibility index (Phi) is 8.62. The van der Waals surface area contributed by atoms with Crippen molar-refractivity contribution in [3.8, 4) is 5.75 Å². The molecule has 178 valence electrons. The van der Waals surface area contributed by atoms with Gasteiger partial charge in [-0.2, -0.15) is 0 Å². The first-order chi connectivity index (χ1) is 16.4. The summed E-state index contributed by atoms with van der Waals surface area (Å²) in [4.78, 5) is 25.5. The van der Waals surface area contributed by atoms with Crippen LogP contribution in [0.3, 0.4) is 0 Å². The fraction of sp³-hybridized carbons (Fsp3) is 0.259. The Morgan fingerprint density at radius 2 is 1.76 bits per heavy atom. The highest BCUT2D eigenvalue weighted by Gasteiger charge is 2.19. The van der Waals surface area contributed by atoms with Gasteiger partial charge < -0.3 is 20.7 Å². The van der Waals surface area contributed by atoms with E-state index in [9.17, 15) is 14.0 Å². The van der Waals surface area contributed by atoms with Crippen molar-refractivity contribution in [2.24, 2.45) is 0 Å². The fourth-order valence-corrected chi connectivity index (χ4v) is 3.63. The first-order valence-electron chi connectivity index (χ1n) is 11.3. The molecule has 3 aromatic rings. The lowest BCUT2D eigenvalue weighted by molar-refractivity contribution is -0.122. The molecule has 2 amide bonds. The second-order valence-electron chi connectivity index (χ2n) is 8.01. The zero-order chi connectivity index (χ0) is 24.5. The molecule has 0 aliphatic carbocycles. The lowest BCUT2D eigenvalue weighted by atomic mass is 10.0. The highest BCUT2D eigenvalue weighted by molar-refractivity contribution is 6.05. The summed E-state index contributed by atoms with van der Waals surface area (Å²) < 4.78 is 18.8. The molecule has 2 atom stereocenters. The third-order valence-corrected chi connectivity index (χ3v) is 5.41. The van der Waals surface area contributed by atoms with Crippen molar-refractivity contribution < 1.29 is 18.7 Å². The molecule has 3 aromatic carbocycles. The molecule has 0 aliphatic rings. The molecular formula is C27H30FN3O3. The van der Waals surface area contributed by atoms with Crippen LogP contribution in [0.15, 0.2) is 72.8 Å². The summed E-state index contributed by atoms with van der Waals surface area (Å²) >= 11 is 0. The van der Waals surface area contributed by atoms with Gasteiger partial charge in [-0.25, -0.2) is 4.39 Å². The van der Waals surface area contributed by atoms with Crippen LogP contribution in [0.25, 0.3) is 0 Å². The van der Waals surface area contributed by atoms with Gasteiger partial charge in [-0.1, -0.05) is 49.7 Å². The molecule has 0 aliphatic heterocycles. The van der Waals surface area contributed by atoms with E-state index in [2.05, 4.69) is 22.9 Å². The van der Waals surface area contributed by atoms with Gasteiger partial charge >= 0.3 is 0 Å². The van der Waals surface area contributed by atoms with Crippen LogP contribution in [0.4, 0.5) is 15.8 Å². The third kappa shape index (κ3) is 6.57. The second kappa shape index (κ2) is 11.8. The molecule has 0 saturated heterocycles. The van der Waals surface area contributed by atoms with Crippen molar-refractivity contribution in [1.82, 2.24) is 5.32 Å². The van der Waals surface area contributed by atoms with E-state index in [0.29, 0.717) is 17.1 Å². The molecule has 0 saturated carbocycles. The number of rotatable bonds is 10. The number of carbonyl (C=O) groups excluding carboxylic acids is 2. The van der Waals surface area contributed by atoms with E-state index in [4.69, 9.17) is 4.74 Å². The fourth-order valence-electron chi connectivity index (χ4n) is 3.63. The van der Waals surface area contributed by atoms with Crippen LogP contribution >= 0.6 is 0 Å². The molecule has 6 nitrogen and oxygen atoms in total. The van der Waals surface area contributed by atoms with Crippen LogP contribution in [0.5, 0.6) is 5.75 Å². The summed E-state index contributed by atoms with van der Waals surface area (Å²) in [6.07, 6.45) is 1.77. The molecule has 0 heterocycles. The molecule has 34 heavy (non-hydrogen) atoms. The minimum Gasteiger partial charge on any atom is -0.495 e. The maximum absolute atomic E-state index is 13.5. The summed E-state index contributed by atoms with van der Waals surface area (Å²) in [5.41, 5.74) is 2.29. The number of amides is 2. The average molecular weight is 464 g/mol. The molecule has 3 rings (SSSR count). The smallest absolute Gasteiger partial charge is 0.255 e. The van der Waals surface area contributed by atoms with E-state index in [1.807, 2.05) is 30.3 Å². The van der Waals surface area contributed by atoms with Gasteiger partial charge in [0, 0.05) is 11.3 Å². The van der Waals surface area contributed by atoms with Crippen molar-refractivity contribution in [3.63, 3.8) is 0 Å². The predicted octanol–water partition coefficient (Wildman–Crippen LogP) is 5.54. The summed E-state index contributed by atoms with van der Waals surface area (Å²) in [7, 11) is 1.49. The van der Waals surface area contributed by atoms with Crippen LogP contribution in [-0.2, 0) is 4.79 Å². The molecule has 7 heteroatoms. The highest BCUT2D eigenvalue weighted by Crippen LogP contribution is 2.29. The normalized spacial score (nSPS) is 12.4. The van der Waals surface area contributed by atoms with Crippen molar-refractivity contribution in [2.45, 2.75) is 38.8 Å². The van der Waals surface area contributed by atoms with Gasteiger partial charge in [-0.15, -0.1) is 0 Å². The Morgan fingerprint density at radius 3 is 2.44 bits per heavy atom. The Hall–Kier alpha value is -3.87. The van der Waals surface area contributed by atoms with E-state index in [1.165, 1.54) is 25.3 Å². The van der Waals surface area contributed by atoms with Gasteiger partial charge in [0.15, 0.2) is 0 Å². The van der Waals surface area contributed by atoms with Crippen LogP contribution in [0.1, 0.15) is 48.7 Å². The lowest BCUT2D eigenvalue weighted by Gasteiger charge is -2.22. The number of hydrogen-bond acceptors (Lipinski definition) is 4. The van der Waals surface area contributed by atoms with Crippen molar-refractivity contribution in [3.05, 3.63) is 89.7 Å². The number of anilines is 2. The number of halogens is 1. The summed E-state index contributed by atoms with van der Waals surface area (Å²) in [6, 6.07) is 19.9. The van der Waals surface area contributed by atoms with Crippen molar-refractivity contribution in [2.75, 3.05) is 17.7 Å². The van der Waals surface area contributed by atoms with Gasteiger partial charge in [-0.3, -0.25) is 9.59 Å². The van der Waals surface area contributed by atoms with Gasteiger partial charge in [0.25, 0.3) is 5.91 Å². The molecule has 0 aromatic heterocycles. The zero-order valence-corrected chi connectivity index (χ0v) is 19.6. The number of nitrogens with one attached hydrogen (secondary N) is 3. The number of ether oxygens (including phenoxy) is 1. The van der Waals surface area contributed by atoms with E-state index < -0.39 is 17.8 Å². The predicted molar refractivity (Wildman–Crippen MR) is 133 cm³/mol. The minimum absolute atomic E-state index is 0.0695. The van der Waals surface area contributed by atoms with Gasteiger partial charge in [-0.05, 0) is 55.3 Å². The molecule has 3 N–H and O–H groups in total. The number of hydrogen-bond donors (Lipinski definition) is 3. The van der Waals surface area contributed by atoms with E-state index in [0.717, 1.165) is 24.5 Å². The first-order valence-corrected chi connectivity index (χ1v) is 11.3. The third-order valence-electron chi connectivity index (χ3n) is 5.41. The summed E-state index contributed by atoms with van der Waals surface area (Å²) in [5, 5.41) is 9.04. The number of methoxy groups -OCH3 is 1. The van der Waals surface area contributed by atoms with Gasteiger partial charge in [0.1, 0.15) is 17.6 Å². The maximum atomic E-state index is 13.5.